The Hall–Kier alpha value is -3.10. The molecule has 9 heteroatoms. The van der Waals surface area contributed by atoms with Gasteiger partial charge in [0.1, 0.15) is 11.4 Å². The first-order valence-corrected chi connectivity index (χ1v) is 10.4. The molecule has 0 aliphatic heterocycles. The summed E-state index contributed by atoms with van der Waals surface area (Å²) in [5.74, 6) is -0.465. The van der Waals surface area contributed by atoms with Crippen LogP contribution in [0.1, 0.15) is 21.6 Å². The van der Waals surface area contributed by atoms with Crippen molar-refractivity contribution < 1.29 is 18.0 Å². The van der Waals surface area contributed by atoms with Crippen LogP contribution in [0.4, 0.5) is 13.2 Å². The lowest BCUT2D eigenvalue weighted by Gasteiger charge is -2.11. The summed E-state index contributed by atoms with van der Waals surface area (Å²) in [6.07, 6.45) is -4.44. The fourth-order valence-electron chi connectivity index (χ4n) is 3.02. The van der Waals surface area contributed by atoms with Crippen molar-refractivity contribution in [1.29, 1.82) is 0 Å². The zero-order chi connectivity index (χ0) is 22.0. The van der Waals surface area contributed by atoms with Crippen LogP contribution in [-0.4, -0.2) is 15.7 Å². The Kier molecular flexibility index (Phi) is 5.84. The Morgan fingerprint density at radius 3 is 2.58 bits per heavy atom. The monoisotopic (exact) mass is 461 g/mol. The summed E-state index contributed by atoms with van der Waals surface area (Å²) in [4.78, 5) is 13.8. The zero-order valence-corrected chi connectivity index (χ0v) is 17.4. The molecule has 0 radical (unpaired) electrons. The lowest BCUT2D eigenvalue weighted by atomic mass is 10.1. The molecule has 0 aliphatic carbocycles. The number of amides is 1. The van der Waals surface area contributed by atoms with E-state index in [1.807, 2.05) is 17.5 Å². The first kappa shape index (κ1) is 21.1. The highest BCUT2D eigenvalue weighted by Crippen LogP contribution is 2.30. The fraction of sp³-hybridized carbons (Fsp3) is 0.0909. The van der Waals surface area contributed by atoms with Crippen LogP contribution in [-0.2, 0) is 12.7 Å². The summed E-state index contributed by atoms with van der Waals surface area (Å²) in [6, 6.07) is 17.2. The quantitative estimate of drug-likeness (QED) is 0.384. The van der Waals surface area contributed by atoms with E-state index in [1.54, 1.807) is 30.3 Å². The predicted molar refractivity (Wildman–Crippen MR) is 115 cm³/mol. The van der Waals surface area contributed by atoms with E-state index in [4.69, 9.17) is 11.6 Å². The number of nitrogens with one attached hydrogen (secondary N) is 1. The molecule has 31 heavy (non-hydrogen) atoms. The van der Waals surface area contributed by atoms with Gasteiger partial charge < -0.3 is 5.32 Å². The summed E-state index contributed by atoms with van der Waals surface area (Å²) in [5.41, 5.74) is 1.04. The second-order valence-corrected chi connectivity index (χ2v) is 8.05. The maximum absolute atomic E-state index is 12.9. The highest BCUT2D eigenvalue weighted by atomic mass is 35.5. The highest BCUT2D eigenvalue weighted by Gasteiger charge is 2.30. The maximum Gasteiger partial charge on any atom is 0.416 e. The van der Waals surface area contributed by atoms with E-state index in [0.29, 0.717) is 22.0 Å². The molecule has 0 saturated heterocycles. The normalized spacial score (nSPS) is 11.5. The van der Waals surface area contributed by atoms with Gasteiger partial charge in [-0.15, -0.1) is 11.3 Å². The molecule has 158 valence electrons. The van der Waals surface area contributed by atoms with E-state index in [2.05, 4.69) is 10.4 Å². The van der Waals surface area contributed by atoms with Crippen molar-refractivity contribution in [3.8, 4) is 16.3 Å². The number of rotatable bonds is 5. The van der Waals surface area contributed by atoms with Gasteiger partial charge >= 0.3 is 6.18 Å². The van der Waals surface area contributed by atoms with Crippen molar-refractivity contribution in [2.24, 2.45) is 0 Å². The molecular formula is C22H15ClF3N3OS. The molecule has 0 atom stereocenters. The van der Waals surface area contributed by atoms with Crippen LogP contribution < -0.4 is 5.32 Å². The van der Waals surface area contributed by atoms with Gasteiger partial charge in [0.2, 0.25) is 0 Å². The number of halogens is 4. The van der Waals surface area contributed by atoms with Gasteiger partial charge in [0.15, 0.2) is 0 Å². The van der Waals surface area contributed by atoms with Crippen molar-refractivity contribution in [2.45, 2.75) is 12.7 Å². The first-order valence-electron chi connectivity index (χ1n) is 9.15. The SMILES string of the molecule is O=C(NCc1cccc(C(F)(F)F)c1)c1cc(-c2cccs2)nn1-c1cccc(Cl)c1. The van der Waals surface area contributed by atoms with Crippen LogP contribution in [0.25, 0.3) is 16.3 Å². The number of hydrogen-bond acceptors (Lipinski definition) is 3. The third kappa shape index (κ3) is 4.81. The Balaban J connectivity index is 1.63. The Morgan fingerprint density at radius 1 is 1.06 bits per heavy atom. The first-order chi connectivity index (χ1) is 14.8. The molecule has 4 nitrogen and oxygen atoms in total. The summed E-state index contributed by atoms with van der Waals surface area (Å²) >= 11 is 7.58. The predicted octanol–water partition coefficient (Wildman–Crippen LogP) is 6.20. The van der Waals surface area contributed by atoms with Gasteiger partial charge in [0.25, 0.3) is 5.91 Å². The molecule has 1 amide bonds. The second kappa shape index (κ2) is 8.56. The highest BCUT2D eigenvalue weighted by molar-refractivity contribution is 7.13. The van der Waals surface area contributed by atoms with E-state index >= 15 is 0 Å². The molecule has 0 saturated carbocycles. The minimum Gasteiger partial charge on any atom is -0.347 e. The Bertz CT molecular complexity index is 1220. The lowest BCUT2D eigenvalue weighted by Crippen LogP contribution is -2.25. The number of nitrogens with zero attached hydrogens (tertiary/aromatic N) is 2. The van der Waals surface area contributed by atoms with Crippen molar-refractivity contribution in [1.82, 2.24) is 15.1 Å². The second-order valence-electron chi connectivity index (χ2n) is 6.66. The van der Waals surface area contributed by atoms with Gasteiger partial charge in [-0.05, 0) is 53.4 Å². The van der Waals surface area contributed by atoms with Crippen molar-refractivity contribution in [3.63, 3.8) is 0 Å². The van der Waals surface area contributed by atoms with Crippen molar-refractivity contribution in [3.05, 3.63) is 94.0 Å². The number of alkyl halides is 3. The van der Waals surface area contributed by atoms with E-state index in [-0.39, 0.29) is 12.2 Å². The molecule has 0 fully saturated rings. The van der Waals surface area contributed by atoms with Gasteiger partial charge in [0.05, 0.1) is 16.1 Å². The van der Waals surface area contributed by atoms with Crippen LogP contribution in [0.3, 0.4) is 0 Å². The van der Waals surface area contributed by atoms with E-state index < -0.39 is 17.6 Å². The number of aromatic nitrogens is 2. The molecule has 2 aromatic carbocycles. The molecule has 4 rings (SSSR count). The number of hydrogen-bond donors (Lipinski definition) is 1. The smallest absolute Gasteiger partial charge is 0.347 e. The zero-order valence-electron chi connectivity index (χ0n) is 15.9. The maximum atomic E-state index is 12.9. The number of carbonyl (C=O) groups is 1. The molecule has 2 heterocycles. The third-order valence-electron chi connectivity index (χ3n) is 4.48. The number of carbonyl (C=O) groups excluding carboxylic acids is 1. The molecule has 0 bridgehead atoms. The van der Waals surface area contributed by atoms with E-state index in [0.717, 1.165) is 17.0 Å². The molecular weight excluding hydrogens is 447 g/mol. The summed E-state index contributed by atoms with van der Waals surface area (Å²) in [6.45, 7) is -0.0577. The Morgan fingerprint density at radius 2 is 1.87 bits per heavy atom. The van der Waals surface area contributed by atoms with Gasteiger partial charge in [-0.3, -0.25) is 4.79 Å². The minimum atomic E-state index is -4.44. The van der Waals surface area contributed by atoms with Crippen molar-refractivity contribution in [2.75, 3.05) is 0 Å². The van der Waals surface area contributed by atoms with Crippen LogP contribution in [0, 0.1) is 0 Å². The average Bonchev–Trinajstić information content (AvgIpc) is 3.41. The molecule has 0 aliphatic rings. The van der Waals surface area contributed by atoms with Gasteiger partial charge in [-0.2, -0.15) is 18.3 Å². The van der Waals surface area contributed by atoms with Crippen LogP contribution in [0.15, 0.2) is 72.1 Å². The number of thiophene rings is 1. The Labute approximate surface area is 184 Å². The van der Waals surface area contributed by atoms with Crippen LogP contribution >= 0.6 is 22.9 Å². The summed E-state index contributed by atoms with van der Waals surface area (Å²) in [7, 11) is 0. The van der Waals surface area contributed by atoms with Gasteiger partial charge in [0, 0.05) is 11.6 Å². The largest absolute Gasteiger partial charge is 0.416 e. The average molecular weight is 462 g/mol. The fourth-order valence-corrected chi connectivity index (χ4v) is 3.89. The lowest BCUT2D eigenvalue weighted by molar-refractivity contribution is -0.137. The minimum absolute atomic E-state index is 0.0577. The van der Waals surface area contributed by atoms with Crippen LogP contribution in [0.2, 0.25) is 5.02 Å². The standard InChI is InChI=1S/C22H15ClF3N3OS/c23-16-6-2-7-17(11-16)29-19(12-18(28-29)20-8-3-9-31-20)21(30)27-13-14-4-1-5-15(10-14)22(24,25)26/h1-12H,13H2,(H,27,30). The van der Waals surface area contributed by atoms with Crippen molar-refractivity contribution >= 4 is 28.8 Å². The summed E-state index contributed by atoms with van der Waals surface area (Å²) in [5, 5.41) is 9.62. The molecule has 2 aromatic heterocycles. The third-order valence-corrected chi connectivity index (χ3v) is 5.60. The van der Waals surface area contributed by atoms with Crippen LogP contribution in [0.5, 0.6) is 0 Å². The molecule has 4 aromatic rings. The van der Waals surface area contributed by atoms with Gasteiger partial charge in [-0.25, -0.2) is 4.68 Å². The number of benzene rings is 2. The topological polar surface area (TPSA) is 46.9 Å². The van der Waals surface area contributed by atoms with Gasteiger partial charge in [-0.1, -0.05) is 35.9 Å². The summed E-state index contributed by atoms with van der Waals surface area (Å²) < 4.78 is 40.3. The van der Waals surface area contributed by atoms with E-state index in [9.17, 15) is 18.0 Å². The molecule has 0 unspecified atom stereocenters. The molecule has 0 spiro atoms. The molecule has 1 N–H and O–H groups in total. The van der Waals surface area contributed by atoms with E-state index in [1.165, 1.54) is 28.2 Å².